The third kappa shape index (κ3) is 3.56. The second kappa shape index (κ2) is 5.91. The zero-order valence-corrected chi connectivity index (χ0v) is 10.8. The largest absolute Gasteiger partial charge is 0.419 e. The van der Waals surface area contributed by atoms with Gasteiger partial charge in [0.1, 0.15) is 5.82 Å². The van der Waals surface area contributed by atoms with Crippen molar-refractivity contribution in [1.29, 1.82) is 0 Å². The number of nitrogens with one attached hydrogen (secondary N) is 1. The molecule has 0 saturated carbocycles. The number of halogens is 4. The van der Waals surface area contributed by atoms with Crippen LogP contribution in [0.2, 0.25) is 0 Å². The molecule has 1 heterocycles. The Morgan fingerprint density at radius 1 is 1.30 bits per heavy atom. The number of carbonyl (C=O) groups excluding carboxylic acids is 1. The molecular formula is C14H15F4NO. The number of hydrogen-bond acceptors (Lipinski definition) is 2. The van der Waals surface area contributed by atoms with Crippen LogP contribution in [0.3, 0.4) is 0 Å². The lowest BCUT2D eigenvalue weighted by molar-refractivity contribution is -0.140. The molecule has 1 aromatic rings. The molecule has 2 nitrogen and oxygen atoms in total. The molecule has 110 valence electrons. The fourth-order valence-corrected chi connectivity index (χ4v) is 2.35. The summed E-state index contributed by atoms with van der Waals surface area (Å²) < 4.78 is 50.6. The number of rotatable bonds is 3. The van der Waals surface area contributed by atoms with Crippen LogP contribution in [0.4, 0.5) is 17.6 Å². The lowest BCUT2D eigenvalue weighted by Gasteiger charge is -2.22. The molecule has 1 fully saturated rings. The van der Waals surface area contributed by atoms with Crippen LogP contribution in [0.15, 0.2) is 18.2 Å². The zero-order valence-electron chi connectivity index (χ0n) is 10.8. The topological polar surface area (TPSA) is 29.1 Å². The summed E-state index contributed by atoms with van der Waals surface area (Å²) in [6.45, 7) is 0.762. The van der Waals surface area contributed by atoms with E-state index < -0.39 is 17.6 Å². The Bertz CT molecular complexity index is 492. The average Bonchev–Trinajstić information content (AvgIpc) is 2.38. The zero-order chi connectivity index (χ0) is 14.8. The molecule has 6 heteroatoms. The van der Waals surface area contributed by atoms with Crippen molar-refractivity contribution in [2.45, 2.75) is 37.9 Å². The first kappa shape index (κ1) is 15.0. The van der Waals surface area contributed by atoms with Gasteiger partial charge in [-0.2, -0.15) is 13.2 Å². The number of hydrogen-bond donors (Lipinski definition) is 1. The van der Waals surface area contributed by atoms with E-state index >= 15 is 0 Å². The van der Waals surface area contributed by atoms with Gasteiger partial charge in [0.05, 0.1) is 11.6 Å². The number of benzene rings is 1. The molecule has 0 spiro atoms. The van der Waals surface area contributed by atoms with Gasteiger partial charge in [-0.1, -0.05) is 12.5 Å². The van der Waals surface area contributed by atoms with Gasteiger partial charge < -0.3 is 5.32 Å². The Labute approximate surface area is 114 Å². The molecule has 1 aromatic carbocycles. The van der Waals surface area contributed by atoms with Crippen molar-refractivity contribution in [1.82, 2.24) is 5.32 Å². The maximum Gasteiger partial charge on any atom is 0.419 e. The SMILES string of the molecule is O=C(Cc1ccc(C(F)(F)F)c(F)c1)[C@@H]1CCCCN1. The molecule has 20 heavy (non-hydrogen) atoms. The molecule has 0 bridgehead atoms. The van der Waals surface area contributed by atoms with Gasteiger partial charge in [-0.05, 0) is 37.1 Å². The summed E-state index contributed by atoms with van der Waals surface area (Å²) in [6, 6.07) is 2.37. The fourth-order valence-electron chi connectivity index (χ4n) is 2.35. The molecule has 0 amide bonds. The summed E-state index contributed by atoms with van der Waals surface area (Å²) in [5, 5.41) is 3.07. The van der Waals surface area contributed by atoms with Gasteiger partial charge in [0.2, 0.25) is 0 Å². The highest BCUT2D eigenvalue weighted by Gasteiger charge is 2.34. The van der Waals surface area contributed by atoms with Crippen LogP contribution in [0.25, 0.3) is 0 Å². The number of carbonyl (C=O) groups is 1. The average molecular weight is 289 g/mol. The molecule has 0 unspecified atom stereocenters. The quantitative estimate of drug-likeness (QED) is 0.866. The number of Topliss-reactive ketones (excluding diaryl/α,β-unsaturated/α-hetero) is 1. The fraction of sp³-hybridized carbons (Fsp3) is 0.500. The van der Waals surface area contributed by atoms with Gasteiger partial charge in [-0.3, -0.25) is 4.79 Å². The standard InChI is InChI=1S/C14H15F4NO/c15-11-7-9(4-5-10(11)14(16,17)18)8-13(20)12-3-1-2-6-19-12/h4-5,7,12,19H,1-3,6,8H2/t12-/m0/s1. The van der Waals surface area contributed by atoms with Crippen molar-refractivity contribution in [2.24, 2.45) is 0 Å². The molecule has 0 aliphatic carbocycles. The van der Waals surface area contributed by atoms with E-state index in [4.69, 9.17) is 0 Å². The molecule has 1 aliphatic heterocycles. The second-order valence-corrected chi connectivity index (χ2v) is 4.96. The smallest absolute Gasteiger partial charge is 0.307 e. The van der Waals surface area contributed by atoms with E-state index in [0.717, 1.165) is 37.9 Å². The number of alkyl halides is 3. The maximum atomic E-state index is 13.4. The summed E-state index contributed by atoms with van der Waals surface area (Å²) in [5.74, 6) is -1.44. The molecular weight excluding hydrogens is 274 g/mol. The maximum absolute atomic E-state index is 13.4. The van der Waals surface area contributed by atoms with Crippen LogP contribution in [-0.4, -0.2) is 18.4 Å². The predicted octanol–water partition coefficient (Wildman–Crippen LogP) is 3.10. The molecule has 0 aromatic heterocycles. The first-order chi connectivity index (χ1) is 9.38. The molecule has 1 saturated heterocycles. The van der Waals surface area contributed by atoms with Crippen molar-refractivity contribution < 1.29 is 22.4 Å². The Hall–Kier alpha value is -1.43. The van der Waals surface area contributed by atoms with Gasteiger partial charge in [-0.25, -0.2) is 4.39 Å². The van der Waals surface area contributed by atoms with Crippen LogP contribution in [0.5, 0.6) is 0 Å². The van der Waals surface area contributed by atoms with Gasteiger partial charge in [-0.15, -0.1) is 0 Å². The lowest BCUT2D eigenvalue weighted by Crippen LogP contribution is -2.41. The van der Waals surface area contributed by atoms with Crippen molar-refractivity contribution in [3.63, 3.8) is 0 Å². The summed E-state index contributed by atoms with van der Waals surface area (Å²) >= 11 is 0. The minimum absolute atomic E-state index is 0.0489. The predicted molar refractivity (Wildman–Crippen MR) is 65.8 cm³/mol. The molecule has 0 radical (unpaired) electrons. The highest BCUT2D eigenvalue weighted by molar-refractivity contribution is 5.86. The van der Waals surface area contributed by atoms with Crippen molar-refractivity contribution >= 4 is 5.78 Å². The highest BCUT2D eigenvalue weighted by atomic mass is 19.4. The minimum Gasteiger partial charge on any atom is -0.307 e. The second-order valence-electron chi connectivity index (χ2n) is 4.96. The van der Waals surface area contributed by atoms with Gasteiger partial charge in [0.15, 0.2) is 5.78 Å². The Kier molecular flexibility index (Phi) is 4.42. The highest BCUT2D eigenvalue weighted by Crippen LogP contribution is 2.31. The number of ketones is 1. The normalized spacial score (nSPS) is 19.9. The lowest BCUT2D eigenvalue weighted by atomic mass is 9.96. The van der Waals surface area contributed by atoms with E-state index in [1.807, 2.05) is 0 Å². The van der Waals surface area contributed by atoms with Gasteiger partial charge >= 0.3 is 6.18 Å². The molecule has 1 N–H and O–H groups in total. The van der Waals surface area contributed by atoms with Crippen LogP contribution < -0.4 is 5.32 Å². The van der Waals surface area contributed by atoms with E-state index in [-0.39, 0.29) is 23.8 Å². The molecule has 2 rings (SSSR count). The van der Waals surface area contributed by atoms with Gasteiger partial charge in [0.25, 0.3) is 0 Å². The Morgan fingerprint density at radius 2 is 2.05 bits per heavy atom. The van der Waals surface area contributed by atoms with Crippen LogP contribution >= 0.6 is 0 Å². The molecule has 1 atom stereocenters. The van der Waals surface area contributed by atoms with Crippen LogP contribution in [0, 0.1) is 5.82 Å². The van der Waals surface area contributed by atoms with E-state index in [0.29, 0.717) is 6.07 Å². The summed E-state index contributed by atoms with van der Waals surface area (Å²) in [5.41, 5.74) is -1.03. The van der Waals surface area contributed by atoms with E-state index in [1.165, 1.54) is 0 Å². The van der Waals surface area contributed by atoms with Crippen molar-refractivity contribution in [2.75, 3.05) is 6.54 Å². The van der Waals surface area contributed by atoms with Crippen LogP contribution in [-0.2, 0) is 17.4 Å². The number of piperidine rings is 1. The van der Waals surface area contributed by atoms with E-state index in [1.54, 1.807) is 0 Å². The van der Waals surface area contributed by atoms with E-state index in [2.05, 4.69) is 5.32 Å². The summed E-state index contributed by atoms with van der Waals surface area (Å²) in [6.07, 6.45) is -2.07. The third-order valence-electron chi connectivity index (χ3n) is 3.42. The van der Waals surface area contributed by atoms with Gasteiger partial charge in [0, 0.05) is 6.42 Å². The van der Waals surface area contributed by atoms with E-state index in [9.17, 15) is 22.4 Å². The first-order valence-corrected chi connectivity index (χ1v) is 6.49. The Morgan fingerprint density at radius 3 is 2.60 bits per heavy atom. The van der Waals surface area contributed by atoms with Crippen molar-refractivity contribution in [3.8, 4) is 0 Å². The monoisotopic (exact) mass is 289 g/mol. The summed E-state index contributed by atoms with van der Waals surface area (Å²) in [7, 11) is 0. The third-order valence-corrected chi connectivity index (χ3v) is 3.42. The first-order valence-electron chi connectivity index (χ1n) is 6.49. The van der Waals surface area contributed by atoms with Crippen molar-refractivity contribution in [3.05, 3.63) is 35.1 Å². The summed E-state index contributed by atoms with van der Waals surface area (Å²) in [4.78, 5) is 12.0. The van der Waals surface area contributed by atoms with Crippen LogP contribution in [0.1, 0.15) is 30.4 Å². The Balaban J connectivity index is 2.06. The molecule has 1 aliphatic rings. The minimum atomic E-state index is -4.71.